The molecule has 7 heteroatoms. The molecule has 1 aromatic carbocycles. The molecule has 3 atom stereocenters. The molecule has 0 amide bonds. The molecule has 1 aromatic heterocycles. The number of carbonyl (C=O) groups excluding carboxylic acids is 1. The van der Waals surface area contributed by atoms with Gasteiger partial charge in [0.25, 0.3) is 5.56 Å². The van der Waals surface area contributed by atoms with Crippen LogP contribution >= 0.6 is 15.9 Å². The van der Waals surface area contributed by atoms with Crippen molar-refractivity contribution in [2.24, 2.45) is 5.92 Å². The first-order valence-electron chi connectivity index (χ1n) is 7.90. The van der Waals surface area contributed by atoms with E-state index < -0.39 is 23.4 Å². The van der Waals surface area contributed by atoms with Crippen molar-refractivity contribution >= 4 is 21.9 Å². The lowest BCUT2D eigenvalue weighted by molar-refractivity contribution is -0.158. The number of H-pyrrole nitrogens is 2. The number of carbonyl (C=O) groups is 1. The summed E-state index contributed by atoms with van der Waals surface area (Å²) in [5, 5.41) is 16.4. The molecule has 0 radical (unpaired) electrons. The van der Waals surface area contributed by atoms with Gasteiger partial charge in [-0.15, -0.1) is 0 Å². The molecular weight excluding hydrogens is 388 g/mol. The highest BCUT2D eigenvalue weighted by molar-refractivity contribution is 9.10. The summed E-state index contributed by atoms with van der Waals surface area (Å²) in [6, 6.07) is 7.37. The molecule has 0 aliphatic heterocycles. The molecule has 1 heterocycles. The lowest BCUT2D eigenvalue weighted by atomic mass is 9.66. The van der Waals surface area contributed by atoms with Gasteiger partial charge >= 0.3 is 5.97 Å². The lowest BCUT2D eigenvalue weighted by Gasteiger charge is -2.40. The fraction of sp³-hybridized carbons (Fsp3) is 0.333. The number of ether oxygens (including phenoxy) is 1. The Kier molecular flexibility index (Phi) is 4.71. The van der Waals surface area contributed by atoms with Crippen molar-refractivity contribution in [3.8, 4) is 0 Å². The largest absolute Gasteiger partial charge is 0.461 e. The number of nitrogens with one attached hydrogen (secondary N) is 2. The molecule has 3 rings (SSSR count). The van der Waals surface area contributed by atoms with Crippen molar-refractivity contribution < 1.29 is 14.6 Å². The Hall–Kier alpha value is -2.12. The van der Waals surface area contributed by atoms with Crippen LogP contribution in [0.5, 0.6) is 0 Å². The normalized spacial score (nSPS) is 25.2. The van der Waals surface area contributed by atoms with Gasteiger partial charge in [-0.2, -0.15) is 0 Å². The number of hydrogen-bond donors (Lipinski definition) is 3. The van der Waals surface area contributed by atoms with Crippen LogP contribution < -0.4 is 5.56 Å². The summed E-state index contributed by atoms with van der Waals surface area (Å²) in [5.41, 5.74) is 0.153. The Morgan fingerprint density at radius 1 is 1.52 bits per heavy atom. The Labute approximate surface area is 153 Å². The van der Waals surface area contributed by atoms with Gasteiger partial charge in [-0.1, -0.05) is 40.7 Å². The minimum Gasteiger partial charge on any atom is -0.461 e. The number of hydrogen-bond acceptors (Lipinski definition) is 4. The molecule has 0 bridgehead atoms. The van der Waals surface area contributed by atoms with Crippen molar-refractivity contribution in [1.29, 1.82) is 0 Å². The molecule has 3 unspecified atom stereocenters. The van der Waals surface area contributed by atoms with Gasteiger partial charge < -0.3 is 14.9 Å². The summed E-state index contributed by atoms with van der Waals surface area (Å²) in [6.45, 7) is 5.18. The zero-order valence-electron chi connectivity index (χ0n) is 13.7. The number of esters is 1. The van der Waals surface area contributed by atoms with Gasteiger partial charge in [-0.05, 0) is 24.6 Å². The molecule has 0 fully saturated rings. The maximum Gasteiger partial charge on any atom is 0.313 e. The van der Waals surface area contributed by atoms with E-state index in [1.54, 1.807) is 6.92 Å². The van der Waals surface area contributed by atoms with Crippen molar-refractivity contribution in [3.63, 3.8) is 0 Å². The Balaban J connectivity index is 2.18. The van der Waals surface area contributed by atoms with Crippen molar-refractivity contribution in [3.05, 3.63) is 68.6 Å². The molecule has 25 heavy (non-hydrogen) atoms. The first-order chi connectivity index (χ1) is 11.8. The fourth-order valence-corrected chi connectivity index (χ4v) is 3.96. The zero-order chi connectivity index (χ0) is 18.2. The van der Waals surface area contributed by atoms with Gasteiger partial charge in [-0.25, -0.2) is 0 Å². The van der Waals surface area contributed by atoms with E-state index in [1.807, 2.05) is 24.3 Å². The van der Waals surface area contributed by atoms with E-state index in [2.05, 4.69) is 32.7 Å². The molecule has 3 N–H and O–H groups in total. The number of aliphatic hydroxyl groups is 1. The molecule has 0 spiro atoms. The molecular formula is C18H19BrN2O4. The van der Waals surface area contributed by atoms with Gasteiger partial charge in [0.2, 0.25) is 0 Å². The second kappa shape index (κ2) is 6.65. The highest BCUT2D eigenvalue weighted by Gasteiger charge is 2.51. The molecule has 1 aliphatic carbocycles. The zero-order valence-corrected chi connectivity index (χ0v) is 15.3. The number of benzene rings is 1. The van der Waals surface area contributed by atoms with Crippen LogP contribution in [-0.2, 0) is 16.0 Å². The third-order valence-electron chi connectivity index (χ3n) is 4.55. The summed E-state index contributed by atoms with van der Waals surface area (Å²) in [4.78, 5) is 25.1. The molecule has 2 aromatic rings. The predicted molar refractivity (Wildman–Crippen MR) is 96.4 cm³/mol. The van der Waals surface area contributed by atoms with Gasteiger partial charge in [0.15, 0.2) is 0 Å². The van der Waals surface area contributed by atoms with E-state index in [4.69, 9.17) is 4.74 Å². The van der Waals surface area contributed by atoms with E-state index >= 15 is 0 Å². The van der Waals surface area contributed by atoms with Gasteiger partial charge in [0.1, 0.15) is 6.61 Å². The molecule has 6 nitrogen and oxygen atoms in total. The van der Waals surface area contributed by atoms with Crippen molar-refractivity contribution in [2.45, 2.75) is 24.9 Å². The first kappa shape index (κ1) is 17.7. The number of halogens is 1. The summed E-state index contributed by atoms with van der Waals surface area (Å²) in [6.07, 6.45) is 1.62. The monoisotopic (exact) mass is 406 g/mol. The third kappa shape index (κ3) is 3.21. The number of aromatic nitrogens is 2. The second-order valence-corrected chi connectivity index (χ2v) is 7.35. The van der Waals surface area contributed by atoms with Crippen LogP contribution in [-0.4, -0.2) is 33.5 Å². The molecule has 0 saturated carbocycles. The van der Waals surface area contributed by atoms with Crippen LogP contribution in [0, 0.1) is 5.92 Å². The second-order valence-electron chi connectivity index (χ2n) is 6.43. The average Bonchev–Trinajstić information content (AvgIpc) is 2.90. The number of fused-ring (bicyclic) bond motifs is 1. The summed E-state index contributed by atoms with van der Waals surface area (Å²) in [7, 11) is 0. The van der Waals surface area contributed by atoms with E-state index in [0.717, 1.165) is 10.0 Å². The Bertz CT molecular complexity index is 868. The summed E-state index contributed by atoms with van der Waals surface area (Å²) >= 11 is 3.42. The first-order valence-corrected chi connectivity index (χ1v) is 8.69. The SMILES string of the molecule is C=CCOC(=O)C1C(c2cccc(Br)c2)c2c([nH][nH]c2=O)CC1(C)O. The number of aromatic amines is 2. The van der Waals surface area contributed by atoms with Crippen LogP contribution in [0.2, 0.25) is 0 Å². The lowest BCUT2D eigenvalue weighted by Crippen LogP contribution is -2.50. The van der Waals surface area contributed by atoms with Gasteiger partial charge in [0.05, 0.1) is 11.5 Å². The Morgan fingerprint density at radius 3 is 2.96 bits per heavy atom. The minimum absolute atomic E-state index is 0.0486. The predicted octanol–water partition coefficient (Wildman–Crippen LogP) is 2.25. The molecule has 0 saturated heterocycles. The average molecular weight is 407 g/mol. The maximum atomic E-state index is 12.7. The van der Waals surface area contributed by atoms with Crippen LogP contribution in [0.3, 0.4) is 0 Å². The van der Waals surface area contributed by atoms with Crippen LogP contribution in [0.15, 0.2) is 46.2 Å². The van der Waals surface area contributed by atoms with Gasteiger partial charge in [-0.3, -0.25) is 14.7 Å². The summed E-state index contributed by atoms with van der Waals surface area (Å²) in [5.74, 6) is -2.09. The van der Waals surface area contributed by atoms with Gasteiger partial charge in [0, 0.05) is 28.1 Å². The smallest absolute Gasteiger partial charge is 0.313 e. The van der Waals surface area contributed by atoms with E-state index in [0.29, 0.717) is 11.3 Å². The summed E-state index contributed by atoms with van der Waals surface area (Å²) < 4.78 is 6.05. The van der Waals surface area contributed by atoms with Crippen LogP contribution in [0.1, 0.15) is 29.7 Å². The maximum absolute atomic E-state index is 12.7. The molecule has 132 valence electrons. The highest BCUT2D eigenvalue weighted by atomic mass is 79.9. The standard InChI is InChI=1S/C18H19BrN2O4/c1-3-7-25-17(23)15-13(10-5-4-6-11(19)8-10)14-12(9-18(15,2)24)20-21-16(14)22/h3-6,8,13,15,24H,1,7,9H2,2H3,(H2,20,21,22). The topological polar surface area (TPSA) is 95.2 Å². The van der Waals surface area contributed by atoms with E-state index in [9.17, 15) is 14.7 Å². The highest BCUT2D eigenvalue weighted by Crippen LogP contribution is 2.44. The van der Waals surface area contributed by atoms with E-state index in [1.165, 1.54) is 6.08 Å². The van der Waals surface area contributed by atoms with Crippen molar-refractivity contribution in [2.75, 3.05) is 6.61 Å². The van der Waals surface area contributed by atoms with Crippen LogP contribution in [0.25, 0.3) is 0 Å². The number of rotatable bonds is 4. The third-order valence-corrected chi connectivity index (χ3v) is 5.04. The minimum atomic E-state index is -1.37. The van der Waals surface area contributed by atoms with Crippen LogP contribution in [0.4, 0.5) is 0 Å². The molecule has 1 aliphatic rings. The Morgan fingerprint density at radius 2 is 2.28 bits per heavy atom. The fourth-order valence-electron chi connectivity index (χ4n) is 3.55. The van der Waals surface area contributed by atoms with Crippen molar-refractivity contribution in [1.82, 2.24) is 10.2 Å². The quantitative estimate of drug-likeness (QED) is 0.535. The van der Waals surface area contributed by atoms with E-state index in [-0.39, 0.29) is 18.6 Å².